The summed E-state index contributed by atoms with van der Waals surface area (Å²) in [7, 11) is -2.05. The van der Waals surface area contributed by atoms with E-state index < -0.39 is 10.0 Å². The van der Waals surface area contributed by atoms with Gasteiger partial charge < -0.3 is 4.74 Å². The molecule has 5 nitrogen and oxygen atoms in total. The van der Waals surface area contributed by atoms with Gasteiger partial charge in [-0.25, -0.2) is 4.83 Å². The molecule has 111 valence electrons. The van der Waals surface area contributed by atoms with Gasteiger partial charge in [0.25, 0.3) is 10.0 Å². The first-order valence-electron chi connectivity index (χ1n) is 6.27. The number of hydrogen-bond donors (Lipinski definition) is 1. The molecular weight excluding hydrogens is 311 g/mol. The summed E-state index contributed by atoms with van der Waals surface area (Å²) in [4.78, 5) is 2.36. The number of rotatable bonds is 5. The smallest absolute Gasteiger partial charge is 0.276 e. The molecule has 22 heavy (non-hydrogen) atoms. The minimum atomic E-state index is -3.63. The number of benzene rings is 2. The summed E-state index contributed by atoms with van der Waals surface area (Å²) in [5.74, 6) is 0.729. The van der Waals surface area contributed by atoms with E-state index in [-0.39, 0.29) is 34.5 Å². The van der Waals surface area contributed by atoms with E-state index in [1.54, 1.807) is 55.6 Å². The van der Waals surface area contributed by atoms with E-state index in [4.69, 9.17) is 4.74 Å². The summed E-state index contributed by atoms with van der Waals surface area (Å²) in [6.07, 6.45) is 1.44. The van der Waals surface area contributed by atoms with Gasteiger partial charge in [-0.3, -0.25) is 0 Å². The van der Waals surface area contributed by atoms with E-state index in [1.807, 2.05) is 6.92 Å². The molecule has 0 fully saturated rings. The fourth-order valence-corrected chi connectivity index (χ4v) is 2.42. The number of hydrazone groups is 1. The molecule has 7 heteroatoms. The Morgan fingerprint density at radius 2 is 1.64 bits per heavy atom. The van der Waals surface area contributed by atoms with Crippen LogP contribution in [0.4, 0.5) is 0 Å². The zero-order valence-electron chi connectivity index (χ0n) is 12.8. The number of hydrogen-bond acceptors (Lipinski definition) is 4. The van der Waals surface area contributed by atoms with E-state index in [2.05, 4.69) is 9.93 Å². The van der Waals surface area contributed by atoms with Crippen molar-refractivity contribution in [3.05, 3.63) is 59.7 Å². The summed E-state index contributed by atoms with van der Waals surface area (Å²) in [6.45, 7) is 1.89. The predicted molar refractivity (Wildman–Crippen MR) is 87.8 cm³/mol. The molecule has 0 saturated carbocycles. The summed E-state index contributed by atoms with van der Waals surface area (Å²) in [5.41, 5.74) is 1.76. The van der Waals surface area contributed by atoms with Gasteiger partial charge in [0.05, 0.1) is 18.2 Å². The average molecular weight is 327 g/mol. The van der Waals surface area contributed by atoms with Gasteiger partial charge >= 0.3 is 0 Å². The normalized spacial score (nSPS) is 11.0. The maximum Gasteiger partial charge on any atom is 0.276 e. The number of nitrogens with zero attached hydrogens (tertiary/aromatic N) is 1. The number of aryl methyl sites for hydroxylation is 1. The topological polar surface area (TPSA) is 67.8 Å². The van der Waals surface area contributed by atoms with E-state index >= 15 is 0 Å². The molecule has 0 bridgehead atoms. The summed E-state index contributed by atoms with van der Waals surface area (Å²) in [6, 6.07) is 13.7. The first-order valence-corrected chi connectivity index (χ1v) is 7.75. The summed E-state index contributed by atoms with van der Waals surface area (Å²) in [5, 5.41) is 3.76. The van der Waals surface area contributed by atoms with Gasteiger partial charge in [-0.15, -0.1) is 0 Å². The van der Waals surface area contributed by atoms with Crippen molar-refractivity contribution in [1.29, 1.82) is 0 Å². The van der Waals surface area contributed by atoms with Crippen molar-refractivity contribution in [3.63, 3.8) is 0 Å². The molecular formula is C15H16N2NaO3S. The van der Waals surface area contributed by atoms with Crippen LogP contribution in [0, 0.1) is 6.92 Å². The van der Waals surface area contributed by atoms with E-state index in [0.717, 1.165) is 16.9 Å². The predicted octanol–water partition coefficient (Wildman–Crippen LogP) is 1.94. The van der Waals surface area contributed by atoms with Gasteiger partial charge in [0.15, 0.2) is 0 Å². The second kappa shape index (κ2) is 8.33. The Bertz CT molecular complexity index is 726. The molecule has 0 aliphatic rings. The Hall–Kier alpha value is -1.34. The number of methoxy groups -OCH3 is 1. The van der Waals surface area contributed by atoms with Crippen LogP contribution in [0.15, 0.2) is 58.5 Å². The van der Waals surface area contributed by atoms with Gasteiger partial charge in [-0.1, -0.05) is 17.7 Å². The van der Waals surface area contributed by atoms with Crippen LogP contribution in [0.5, 0.6) is 5.75 Å². The molecule has 0 atom stereocenters. The molecule has 2 rings (SSSR count). The number of sulfonamides is 1. The molecule has 1 N–H and O–H groups in total. The first-order chi connectivity index (χ1) is 10.0. The quantitative estimate of drug-likeness (QED) is 0.518. The average Bonchev–Trinajstić information content (AvgIpc) is 2.48. The Balaban J connectivity index is 0.00000242. The van der Waals surface area contributed by atoms with Crippen LogP contribution in [-0.2, 0) is 10.0 Å². The number of ether oxygens (including phenoxy) is 1. The van der Waals surface area contributed by atoms with Crippen LogP contribution < -0.4 is 9.57 Å². The Morgan fingerprint density at radius 1 is 1.05 bits per heavy atom. The van der Waals surface area contributed by atoms with Crippen molar-refractivity contribution in [2.75, 3.05) is 7.11 Å². The van der Waals surface area contributed by atoms with Crippen LogP contribution in [0.3, 0.4) is 0 Å². The monoisotopic (exact) mass is 327 g/mol. The van der Waals surface area contributed by atoms with Crippen LogP contribution >= 0.6 is 0 Å². The minimum absolute atomic E-state index is 0. The zero-order chi connectivity index (χ0) is 15.3. The minimum Gasteiger partial charge on any atom is -0.497 e. The fraction of sp³-hybridized carbons (Fsp3) is 0.133. The second-order valence-corrected chi connectivity index (χ2v) is 6.10. The van der Waals surface area contributed by atoms with Gasteiger partial charge in [0.1, 0.15) is 5.75 Å². The summed E-state index contributed by atoms with van der Waals surface area (Å²) >= 11 is 0. The van der Waals surface area contributed by atoms with Crippen molar-refractivity contribution >= 4 is 45.8 Å². The van der Waals surface area contributed by atoms with E-state index in [0.29, 0.717) is 0 Å². The van der Waals surface area contributed by atoms with Crippen molar-refractivity contribution < 1.29 is 13.2 Å². The van der Waals surface area contributed by atoms with E-state index in [9.17, 15) is 8.42 Å². The molecule has 1 radical (unpaired) electrons. The van der Waals surface area contributed by atoms with Crippen LogP contribution in [0.1, 0.15) is 11.1 Å². The van der Waals surface area contributed by atoms with Crippen LogP contribution in [-0.4, -0.2) is 51.3 Å². The SMILES string of the molecule is COc1ccc(C=NNS(=O)(=O)c2ccc(C)cc2)cc1.[Na]. The third-order valence-electron chi connectivity index (χ3n) is 2.83. The van der Waals surface area contributed by atoms with Crippen molar-refractivity contribution in [3.8, 4) is 5.75 Å². The third-order valence-corrected chi connectivity index (χ3v) is 4.07. The van der Waals surface area contributed by atoms with Crippen molar-refractivity contribution in [2.45, 2.75) is 11.8 Å². The Morgan fingerprint density at radius 3 is 2.18 bits per heavy atom. The largest absolute Gasteiger partial charge is 0.497 e. The molecule has 0 aromatic heterocycles. The van der Waals surface area contributed by atoms with Crippen molar-refractivity contribution in [1.82, 2.24) is 4.83 Å². The molecule has 2 aromatic rings. The van der Waals surface area contributed by atoms with Crippen LogP contribution in [0.2, 0.25) is 0 Å². The standard InChI is InChI=1S/C15H16N2O3S.Na/c1-12-3-9-15(10-4-12)21(18,19)17-16-11-13-5-7-14(20-2)8-6-13;/h3-11,17H,1-2H3;. The summed E-state index contributed by atoms with van der Waals surface area (Å²) < 4.78 is 29.0. The number of nitrogens with one attached hydrogen (secondary N) is 1. The zero-order valence-corrected chi connectivity index (χ0v) is 15.6. The Kier molecular flexibility index (Phi) is 7.09. The Labute approximate surface area is 152 Å². The van der Waals surface area contributed by atoms with Crippen molar-refractivity contribution in [2.24, 2.45) is 5.10 Å². The molecule has 0 saturated heterocycles. The molecule has 2 aromatic carbocycles. The van der Waals surface area contributed by atoms with Gasteiger partial charge in [-0.05, 0) is 48.9 Å². The third kappa shape index (κ3) is 5.14. The first kappa shape index (κ1) is 18.7. The molecule has 0 aliphatic carbocycles. The second-order valence-electron chi connectivity index (χ2n) is 4.44. The molecule has 0 unspecified atom stereocenters. The van der Waals surface area contributed by atoms with Crippen LogP contribution in [0.25, 0.3) is 0 Å². The van der Waals surface area contributed by atoms with Gasteiger partial charge in [0, 0.05) is 29.6 Å². The molecule has 0 amide bonds. The van der Waals surface area contributed by atoms with E-state index in [1.165, 1.54) is 6.21 Å². The molecule has 0 heterocycles. The van der Waals surface area contributed by atoms with Gasteiger partial charge in [-0.2, -0.15) is 13.5 Å². The maximum atomic E-state index is 12.0. The van der Waals surface area contributed by atoms with Gasteiger partial charge in [0.2, 0.25) is 0 Å². The fourth-order valence-electron chi connectivity index (χ4n) is 1.63. The maximum absolute atomic E-state index is 12.0. The molecule has 0 aliphatic heterocycles. The molecule has 0 spiro atoms.